The van der Waals surface area contributed by atoms with Gasteiger partial charge in [0.15, 0.2) is 5.16 Å². The highest BCUT2D eigenvalue weighted by atomic mass is 32.2. The number of anilines is 2. The van der Waals surface area contributed by atoms with Crippen LogP contribution in [0.1, 0.15) is 46.5 Å². The summed E-state index contributed by atoms with van der Waals surface area (Å²) in [7, 11) is 0. The van der Waals surface area contributed by atoms with E-state index in [0.717, 1.165) is 36.4 Å². The highest BCUT2D eigenvalue weighted by Gasteiger charge is 2.11. The lowest BCUT2D eigenvalue weighted by molar-refractivity contribution is 0.666. The molecule has 0 radical (unpaired) electrons. The highest BCUT2D eigenvalue weighted by molar-refractivity contribution is 7.98. The maximum absolute atomic E-state index is 4.68. The lowest BCUT2D eigenvalue weighted by atomic mass is 10.2. The maximum atomic E-state index is 4.68. The van der Waals surface area contributed by atoms with E-state index in [1.165, 1.54) is 25.7 Å². The predicted molar refractivity (Wildman–Crippen MR) is 90.0 cm³/mol. The fraction of sp³-hybridized carbons (Fsp3) is 0.733. The average Bonchev–Trinajstić information content (AvgIpc) is 2.47. The van der Waals surface area contributed by atoms with Crippen molar-refractivity contribution in [1.82, 2.24) is 9.97 Å². The molecule has 4 nitrogen and oxygen atoms in total. The van der Waals surface area contributed by atoms with Crippen molar-refractivity contribution in [2.24, 2.45) is 0 Å². The van der Waals surface area contributed by atoms with Crippen LogP contribution < -0.4 is 10.2 Å². The molecule has 1 aromatic rings. The molecule has 114 valence electrons. The summed E-state index contributed by atoms with van der Waals surface area (Å²) in [6.45, 7) is 9.59. The Morgan fingerprint density at radius 2 is 1.75 bits per heavy atom. The van der Waals surface area contributed by atoms with E-state index >= 15 is 0 Å². The summed E-state index contributed by atoms with van der Waals surface area (Å²) < 4.78 is 0. The van der Waals surface area contributed by atoms with Crippen LogP contribution in [-0.4, -0.2) is 35.9 Å². The third kappa shape index (κ3) is 5.57. The first-order valence-electron chi connectivity index (χ1n) is 7.67. The Hall–Kier alpha value is -0.970. The second kappa shape index (κ2) is 9.86. The van der Waals surface area contributed by atoms with Gasteiger partial charge in [0.2, 0.25) is 0 Å². The number of rotatable bonds is 10. The Morgan fingerprint density at radius 3 is 2.25 bits per heavy atom. The minimum Gasteiger partial charge on any atom is -0.370 e. The van der Waals surface area contributed by atoms with Gasteiger partial charge in [-0.1, -0.05) is 38.5 Å². The first-order chi connectivity index (χ1) is 9.74. The van der Waals surface area contributed by atoms with Crippen molar-refractivity contribution in [2.45, 2.75) is 51.6 Å². The lowest BCUT2D eigenvalue weighted by Crippen LogP contribution is -2.27. The Labute approximate surface area is 127 Å². The molecule has 5 heteroatoms. The van der Waals surface area contributed by atoms with Crippen molar-refractivity contribution < 1.29 is 0 Å². The first-order valence-corrected chi connectivity index (χ1v) is 8.89. The van der Waals surface area contributed by atoms with Gasteiger partial charge >= 0.3 is 0 Å². The van der Waals surface area contributed by atoms with Gasteiger partial charge in [-0.05, 0) is 26.0 Å². The number of aromatic nitrogens is 2. The van der Waals surface area contributed by atoms with Crippen LogP contribution in [0.15, 0.2) is 11.2 Å². The molecule has 0 fully saturated rings. The quantitative estimate of drug-likeness (QED) is 0.521. The second-order valence-corrected chi connectivity index (χ2v) is 5.60. The number of hydrogen-bond acceptors (Lipinski definition) is 5. The zero-order valence-electron chi connectivity index (χ0n) is 13.3. The molecule has 1 heterocycles. The monoisotopic (exact) mass is 296 g/mol. The number of unbranched alkanes of at least 4 members (excludes halogenated alkanes) is 2. The van der Waals surface area contributed by atoms with Crippen molar-refractivity contribution in [3.63, 3.8) is 0 Å². The van der Waals surface area contributed by atoms with E-state index in [4.69, 9.17) is 0 Å². The van der Waals surface area contributed by atoms with Gasteiger partial charge in [-0.15, -0.1) is 0 Å². The largest absolute Gasteiger partial charge is 0.370 e. The SMILES string of the molecule is CCCCN(CCCC)c1cc(NCC)nc(SC)n1. The first kappa shape index (κ1) is 17.1. The molecular weight excluding hydrogens is 268 g/mol. The Bertz CT molecular complexity index is 376. The van der Waals surface area contributed by atoms with E-state index < -0.39 is 0 Å². The van der Waals surface area contributed by atoms with Crippen LogP contribution in [0.3, 0.4) is 0 Å². The van der Waals surface area contributed by atoms with Crippen LogP contribution in [0.5, 0.6) is 0 Å². The maximum Gasteiger partial charge on any atom is 0.191 e. The van der Waals surface area contributed by atoms with E-state index in [2.05, 4.69) is 47.0 Å². The van der Waals surface area contributed by atoms with Gasteiger partial charge in [0.25, 0.3) is 0 Å². The van der Waals surface area contributed by atoms with Crippen molar-refractivity contribution in [3.05, 3.63) is 6.07 Å². The topological polar surface area (TPSA) is 41.0 Å². The van der Waals surface area contributed by atoms with Crippen LogP contribution in [0.2, 0.25) is 0 Å². The number of nitrogens with one attached hydrogen (secondary N) is 1. The van der Waals surface area contributed by atoms with Crippen LogP contribution in [0.25, 0.3) is 0 Å². The predicted octanol–water partition coefficient (Wildman–Crippen LogP) is 4.04. The number of thioether (sulfide) groups is 1. The molecule has 0 aromatic carbocycles. The average molecular weight is 296 g/mol. The van der Waals surface area contributed by atoms with E-state index in [0.29, 0.717) is 0 Å². The number of hydrogen-bond donors (Lipinski definition) is 1. The lowest BCUT2D eigenvalue weighted by Gasteiger charge is -2.24. The summed E-state index contributed by atoms with van der Waals surface area (Å²) in [6.07, 6.45) is 6.86. The van der Waals surface area contributed by atoms with Crippen LogP contribution in [0.4, 0.5) is 11.6 Å². The standard InChI is InChI=1S/C15H28N4S/c1-5-8-10-19(11-9-6-2)14-12-13(16-7-3)17-15(18-14)20-4/h12H,5-11H2,1-4H3,(H,16,17,18). The molecule has 1 aromatic heterocycles. The Kier molecular flexibility index (Phi) is 8.42. The van der Waals surface area contributed by atoms with E-state index in [9.17, 15) is 0 Å². The molecule has 0 aliphatic carbocycles. The van der Waals surface area contributed by atoms with Crippen molar-refractivity contribution in [2.75, 3.05) is 36.1 Å². The molecule has 0 saturated heterocycles. The van der Waals surface area contributed by atoms with Crippen molar-refractivity contribution in [3.8, 4) is 0 Å². The zero-order chi connectivity index (χ0) is 14.8. The Morgan fingerprint density at radius 1 is 1.10 bits per heavy atom. The molecule has 1 rings (SSSR count). The summed E-state index contributed by atoms with van der Waals surface area (Å²) in [5, 5.41) is 4.14. The van der Waals surface area contributed by atoms with Crippen LogP contribution >= 0.6 is 11.8 Å². The fourth-order valence-electron chi connectivity index (χ4n) is 1.98. The third-order valence-corrected chi connectivity index (χ3v) is 3.67. The second-order valence-electron chi connectivity index (χ2n) is 4.82. The normalized spacial score (nSPS) is 10.6. The van der Waals surface area contributed by atoms with Gasteiger partial charge in [0.1, 0.15) is 11.6 Å². The molecule has 0 spiro atoms. The van der Waals surface area contributed by atoms with Gasteiger partial charge in [-0.3, -0.25) is 0 Å². The van der Waals surface area contributed by atoms with E-state index in [-0.39, 0.29) is 0 Å². The van der Waals surface area contributed by atoms with E-state index in [1.54, 1.807) is 11.8 Å². The molecule has 20 heavy (non-hydrogen) atoms. The third-order valence-electron chi connectivity index (χ3n) is 3.12. The molecule has 0 unspecified atom stereocenters. The number of nitrogens with zero attached hydrogens (tertiary/aromatic N) is 3. The molecule has 1 N–H and O–H groups in total. The summed E-state index contributed by atoms with van der Waals surface area (Å²) in [5.74, 6) is 1.99. The Balaban J connectivity index is 2.93. The minimum atomic E-state index is 0.844. The van der Waals surface area contributed by atoms with Gasteiger partial charge in [-0.2, -0.15) is 0 Å². The molecular formula is C15H28N4S. The van der Waals surface area contributed by atoms with E-state index in [1.807, 2.05) is 6.26 Å². The zero-order valence-corrected chi connectivity index (χ0v) is 14.1. The molecule has 0 amide bonds. The summed E-state index contributed by atoms with van der Waals surface area (Å²) in [4.78, 5) is 11.6. The highest BCUT2D eigenvalue weighted by Crippen LogP contribution is 2.21. The smallest absolute Gasteiger partial charge is 0.191 e. The fourth-order valence-corrected chi connectivity index (χ4v) is 2.35. The van der Waals surface area contributed by atoms with Gasteiger partial charge < -0.3 is 10.2 Å². The molecule has 0 saturated carbocycles. The van der Waals surface area contributed by atoms with Gasteiger partial charge in [-0.25, -0.2) is 9.97 Å². The summed E-state index contributed by atoms with van der Waals surface area (Å²) in [6, 6.07) is 2.08. The van der Waals surface area contributed by atoms with Gasteiger partial charge in [0, 0.05) is 25.7 Å². The summed E-state index contributed by atoms with van der Waals surface area (Å²) >= 11 is 1.60. The molecule has 0 aliphatic heterocycles. The van der Waals surface area contributed by atoms with Crippen LogP contribution in [0, 0.1) is 0 Å². The van der Waals surface area contributed by atoms with Gasteiger partial charge in [0.05, 0.1) is 0 Å². The minimum absolute atomic E-state index is 0.844. The van der Waals surface area contributed by atoms with Crippen LogP contribution in [-0.2, 0) is 0 Å². The molecule has 0 atom stereocenters. The summed E-state index contributed by atoms with van der Waals surface area (Å²) in [5.41, 5.74) is 0. The van der Waals surface area contributed by atoms with Crippen molar-refractivity contribution in [1.29, 1.82) is 0 Å². The molecule has 0 bridgehead atoms. The molecule has 0 aliphatic rings. The van der Waals surface area contributed by atoms with Crippen molar-refractivity contribution >= 4 is 23.4 Å².